The van der Waals surface area contributed by atoms with Crippen molar-refractivity contribution < 1.29 is 33.5 Å². The van der Waals surface area contributed by atoms with Crippen LogP contribution >= 0.6 is 0 Å². The van der Waals surface area contributed by atoms with Gasteiger partial charge < -0.3 is 47.4 Å². The van der Waals surface area contributed by atoms with Gasteiger partial charge in [0, 0.05) is 55.1 Å². The molecule has 0 bridgehead atoms. The minimum atomic E-state index is -1.07. The van der Waals surface area contributed by atoms with E-state index in [1.807, 2.05) is 85.8 Å². The Morgan fingerprint density at radius 3 is 2.12 bits per heavy atom. The topological polar surface area (TPSA) is 226 Å². The lowest BCUT2D eigenvalue weighted by Gasteiger charge is -2.25. The lowest BCUT2D eigenvalue weighted by molar-refractivity contribution is -0.130. The number of nitrogens with two attached hydrogens (primary N) is 1. The number of hydrogen-bond donors (Lipinski definition) is 8. The quantitative estimate of drug-likeness (QED) is 0.0489. The van der Waals surface area contributed by atoms with Crippen molar-refractivity contribution in [3.05, 3.63) is 102 Å². The van der Waals surface area contributed by atoms with Crippen LogP contribution in [-0.2, 0) is 36.8 Å². The van der Waals surface area contributed by atoms with Gasteiger partial charge in [0.2, 0.25) is 23.6 Å². The smallest absolute Gasteiger partial charge is 0.408 e. The summed E-state index contributed by atoms with van der Waals surface area (Å²) in [6.07, 6.45) is 4.61. The Kier molecular flexibility index (Phi) is 18.0. The number of hydrogen-bond acceptors (Lipinski definition) is 7. The van der Waals surface area contributed by atoms with Gasteiger partial charge in [0.25, 0.3) is 0 Å². The Morgan fingerprint density at radius 1 is 0.700 bits per heavy atom. The van der Waals surface area contributed by atoms with Crippen LogP contribution in [-0.4, -0.2) is 77.6 Å². The third kappa shape index (κ3) is 16.1. The number of aromatic amines is 1. The van der Waals surface area contributed by atoms with Crippen molar-refractivity contribution in [3.8, 4) is 0 Å². The number of carbonyl (C=O) groups excluding carboxylic acids is 6. The standard InChI is InChI=1S/C45H60N8O7/c1-30-17-10-12-21-34(30)52-43(58)48-26-16-14-23-36(41(56)47-25-15-6-9-24-39(54)50-37(40(46)55)27-31-18-7-5-8-19-31)51-42(57)38(53-44(59)60-45(2,3)4)28-32-29-49-35-22-13-11-20-33(32)35/h5,7-8,10-13,17-22,29,36-38,49H,6,9,14-16,23-28H2,1-4H3,(H2,46,55)(H,47,56)(H,50,54)(H,51,57)(H,53,59)(H2,48,52,58)/t36-,37-,38-/m0/s1. The molecule has 60 heavy (non-hydrogen) atoms. The average Bonchev–Trinajstić information content (AvgIpc) is 3.61. The molecule has 4 rings (SSSR count). The molecule has 3 aromatic carbocycles. The summed E-state index contributed by atoms with van der Waals surface area (Å²) in [5, 5.41) is 17.8. The van der Waals surface area contributed by atoms with Crippen molar-refractivity contribution in [3.63, 3.8) is 0 Å². The number of aromatic nitrogens is 1. The normalized spacial score (nSPS) is 12.7. The van der Waals surface area contributed by atoms with Crippen LogP contribution in [0.15, 0.2) is 85.1 Å². The number of rotatable bonds is 22. The lowest BCUT2D eigenvalue weighted by atomic mass is 10.0. The summed E-state index contributed by atoms with van der Waals surface area (Å²) in [6.45, 7) is 7.71. The van der Waals surface area contributed by atoms with E-state index in [9.17, 15) is 28.8 Å². The molecule has 15 nitrogen and oxygen atoms in total. The number of ether oxygens (including phenoxy) is 1. The van der Waals surface area contributed by atoms with E-state index < -0.39 is 47.5 Å². The monoisotopic (exact) mass is 824 g/mol. The summed E-state index contributed by atoms with van der Waals surface area (Å²) < 4.78 is 5.48. The molecule has 0 aliphatic rings. The van der Waals surface area contributed by atoms with Crippen LogP contribution in [0, 0.1) is 6.92 Å². The highest BCUT2D eigenvalue weighted by atomic mass is 16.6. The van der Waals surface area contributed by atoms with Gasteiger partial charge in [-0.1, -0.05) is 73.2 Å². The Balaban J connectivity index is 1.34. The highest BCUT2D eigenvalue weighted by molar-refractivity contribution is 5.93. The number of unbranched alkanes of at least 4 members (excludes halogenated alkanes) is 3. The fourth-order valence-electron chi connectivity index (χ4n) is 6.54. The van der Waals surface area contributed by atoms with Gasteiger partial charge in [0.15, 0.2) is 0 Å². The molecular weight excluding hydrogens is 765 g/mol. The molecule has 7 amide bonds. The summed E-state index contributed by atoms with van der Waals surface area (Å²) in [4.78, 5) is 80.9. The Morgan fingerprint density at radius 2 is 1.38 bits per heavy atom. The molecule has 1 heterocycles. The molecule has 0 saturated carbocycles. The van der Waals surface area contributed by atoms with Crippen LogP contribution in [0.25, 0.3) is 10.9 Å². The zero-order valence-electron chi connectivity index (χ0n) is 35.0. The molecule has 0 fully saturated rings. The maximum Gasteiger partial charge on any atom is 0.408 e. The van der Waals surface area contributed by atoms with Crippen LogP contribution in [0.3, 0.4) is 0 Å². The van der Waals surface area contributed by atoms with Crippen molar-refractivity contribution in [1.82, 2.24) is 31.6 Å². The zero-order chi connectivity index (χ0) is 43.5. The number of H-pyrrole nitrogens is 1. The second-order valence-electron chi connectivity index (χ2n) is 15.8. The number of primary amides is 1. The Labute approximate surface area is 351 Å². The molecule has 0 spiro atoms. The van der Waals surface area contributed by atoms with Crippen molar-refractivity contribution in [2.45, 2.75) is 109 Å². The maximum absolute atomic E-state index is 14.0. The van der Waals surface area contributed by atoms with Gasteiger partial charge in [0.05, 0.1) is 0 Å². The maximum atomic E-state index is 14.0. The number of fused-ring (bicyclic) bond motifs is 1. The first-order valence-corrected chi connectivity index (χ1v) is 20.5. The van der Waals surface area contributed by atoms with Crippen LogP contribution in [0.4, 0.5) is 15.3 Å². The number of urea groups is 1. The largest absolute Gasteiger partial charge is 0.444 e. The molecule has 0 unspecified atom stereocenters. The second kappa shape index (κ2) is 23.3. The number of carbonyl (C=O) groups is 6. The van der Waals surface area contributed by atoms with Gasteiger partial charge in [-0.05, 0) is 88.6 Å². The number of benzene rings is 3. The van der Waals surface area contributed by atoms with Crippen LogP contribution in [0.2, 0.25) is 0 Å². The number of para-hydroxylation sites is 2. The van der Waals surface area contributed by atoms with E-state index in [4.69, 9.17) is 10.5 Å². The van der Waals surface area contributed by atoms with Gasteiger partial charge >= 0.3 is 12.1 Å². The number of alkyl carbamates (subject to hydrolysis) is 1. The minimum absolute atomic E-state index is 0.128. The summed E-state index contributed by atoms with van der Waals surface area (Å²) in [5.74, 6) is -1.86. The minimum Gasteiger partial charge on any atom is -0.444 e. The molecule has 0 saturated heterocycles. The zero-order valence-corrected chi connectivity index (χ0v) is 35.0. The molecule has 322 valence electrons. The SMILES string of the molecule is Cc1ccccc1NC(=O)NCCCC[C@H](NC(=O)[C@H](Cc1c[nH]c2ccccc12)NC(=O)OC(C)(C)C)C(=O)NCCCCCC(=O)N[C@@H](Cc1ccccc1)C(N)=O. The first kappa shape index (κ1) is 46.3. The van der Waals surface area contributed by atoms with Gasteiger partial charge in [-0.25, -0.2) is 9.59 Å². The molecule has 0 aliphatic heterocycles. The van der Waals surface area contributed by atoms with Crippen LogP contribution in [0.5, 0.6) is 0 Å². The molecule has 15 heteroatoms. The Hall–Kier alpha value is -6.38. The van der Waals surface area contributed by atoms with Crippen LogP contribution in [0.1, 0.15) is 82.4 Å². The number of anilines is 1. The van der Waals surface area contributed by atoms with E-state index in [0.29, 0.717) is 57.3 Å². The first-order valence-electron chi connectivity index (χ1n) is 20.5. The highest BCUT2D eigenvalue weighted by Crippen LogP contribution is 2.20. The fraction of sp³-hybridized carbons (Fsp3) is 0.422. The molecule has 1 aromatic heterocycles. The molecule has 4 aromatic rings. The van der Waals surface area contributed by atoms with Gasteiger partial charge in [-0.2, -0.15) is 0 Å². The van der Waals surface area contributed by atoms with Crippen molar-refractivity contribution >= 4 is 52.3 Å². The molecule has 3 atom stereocenters. The summed E-state index contributed by atoms with van der Waals surface area (Å²) >= 11 is 0. The molecule has 9 N–H and O–H groups in total. The number of aryl methyl sites for hydroxylation is 1. The third-order valence-electron chi connectivity index (χ3n) is 9.68. The molecular formula is C45H60N8O7. The van der Waals surface area contributed by atoms with E-state index in [1.165, 1.54) is 0 Å². The van der Waals surface area contributed by atoms with Crippen molar-refractivity contribution in [2.24, 2.45) is 5.73 Å². The average molecular weight is 825 g/mol. The van der Waals surface area contributed by atoms with E-state index >= 15 is 0 Å². The first-order chi connectivity index (χ1) is 28.7. The van der Waals surface area contributed by atoms with E-state index in [1.54, 1.807) is 27.0 Å². The highest BCUT2D eigenvalue weighted by Gasteiger charge is 2.29. The number of amides is 7. The lowest BCUT2D eigenvalue weighted by Crippen LogP contribution is -2.55. The fourth-order valence-corrected chi connectivity index (χ4v) is 6.54. The van der Waals surface area contributed by atoms with Crippen molar-refractivity contribution in [1.29, 1.82) is 0 Å². The van der Waals surface area contributed by atoms with E-state index in [0.717, 1.165) is 27.6 Å². The van der Waals surface area contributed by atoms with Crippen LogP contribution < -0.4 is 37.6 Å². The predicted molar refractivity (Wildman–Crippen MR) is 232 cm³/mol. The van der Waals surface area contributed by atoms with Gasteiger partial charge in [0.1, 0.15) is 23.7 Å². The summed E-state index contributed by atoms with van der Waals surface area (Å²) in [5.41, 5.74) is 8.93. The number of nitrogens with one attached hydrogen (secondary N) is 7. The second-order valence-corrected chi connectivity index (χ2v) is 15.8. The molecule has 0 aliphatic carbocycles. The summed E-state index contributed by atoms with van der Waals surface area (Å²) in [6, 6.07) is 21.2. The third-order valence-corrected chi connectivity index (χ3v) is 9.68. The molecule has 0 radical (unpaired) electrons. The van der Waals surface area contributed by atoms with Crippen molar-refractivity contribution in [2.75, 3.05) is 18.4 Å². The van der Waals surface area contributed by atoms with E-state index in [-0.39, 0.29) is 31.2 Å². The van der Waals surface area contributed by atoms with E-state index in [2.05, 4.69) is 36.9 Å². The Bertz CT molecular complexity index is 2050. The van der Waals surface area contributed by atoms with Gasteiger partial charge in [-0.3, -0.25) is 19.2 Å². The van der Waals surface area contributed by atoms with Gasteiger partial charge in [-0.15, -0.1) is 0 Å². The summed E-state index contributed by atoms with van der Waals surface area (Å²) in [7, 11) is 0. The predicted octanol–water partition coefficient (Wildman–Crippen LogP) is 5.28.